The van der Waals surface area contributed by atoms with Gasteiger partial charge in [-0.2, -0.15) is 0 Å². The molecule has 0 radical (unpaired) electrons. The molecule has 3 nitrogen and oxygen atoms in total. The Labute approximate surface area is 178 Å². The summed E-state index contributed by atoms with van der Waals surface area (Å²) in [4.78, 5) is 0. The zero-order valence-electron chi connectivity index (χ0n) is 19.1. The van der Waals surface area contributed by atoms with Crippen LogP contribution in [0.3, 0.4) is 0 Å². The minimum absolute atomic E-state index is 0.0476. The van der Waals surface area contributed by atoms with Gasteiger partial charge in [0.2, 0.25) is 0 Å². The summed E-state index contributed by atoms with van der Waals surface area (Å²) in [5.74, 6) is 4.14. The SMILES string of the molecule is C[C@]12CC[C@H](O)C[C@@H]1CC[C@@H]1[C@@H]2CC[C@@]2(C)[C@H]1CC[C@@H]2[C@@](C)(O)C1CCCNC1. The van der Waals surface area contributed by atoms with Crippen LogP contribution in [-0.4, -0.2) is 35.0 Å². The van der Waals surface area contributed by atoms with E-state index in [0.717, 1.165) is 49.6 Å². The average molecular weight is 404 g/mol. The van der Waals surface area contributed by atoms with Crippen LogP contribution in [0.1, 0.15) is 91.4 Å². The standard InChI is InChI=1S/C26H45NO2/c1-24-12-10-19(28)15-17(24)6-7-20-21-8-9-23(25(21,2)13-11-22(20)24)26(3,29)18-5-4-14-27-16-18/h17-23,27-29H,4-16H2,1-3H3/t17-,18?,19-,20-,21-,22-,23-,24-,25-,26-/m0/s1. The lowest BCUT2D eigenvalue weighted by Gasteiger charge is -2.61. The minimum Gasteiger partial charge on any atom is -0.393 e. The molecule has 166 valence electrons. The largest absolute Gasteiger partial charge is 0.393 e. The molecular weight excluding hydrogens is 358 g/mol. The van der Waals surface area contributed by atoms with E-state index in [4.69, 9.17) is 0 Å². The molecule has 4 aliphatic carbocycles. The number of aliphatic hydroxyl groups is 2. The van der Waals surface area contributed by atoms with Gasteiger partial charge in [0, 0.05) is 12.5 Å². The topological polar surface area (TPSA) is 52.5 Å². The number of fused-ring (bicyclic) bond motifs is 5. The Morgan fingerprint density at radius 3 is 2.41 bits per heavy atom. The fourth-order valence-corrected chi connectivity index (χ4v) is 9.83. The molecule has 1 saturated heterocycles. The summed E-state index contributed by atoms with van der Waals surface area (Å²) in [6.07, 6.45) is 13.6. The van der Waals surface area contributed by atoms with Crippen molar-refractivity contribution >= 4 is 0 Å². The fourth-order valence-electron chi connectivity index (χ4n) is 9.83. The first-order chi connectivity index (χ1) is 13.8. The predicted molar refractivity (Wildman–Crippen MR) is 117 cm³/mol. The summed E-state index contributed by atoms with van der Waals surface area (Å²) < 4.78 is 0. The molecule has 5 fully saturated rings. The Morgan fingerprint density at radius 2 is 1.66 bits per heavy atom. The molecule has 0 aromatic rings. The molecule has 29 heavy (non-hydrogen) atoms. The number of aliphatic hydroxyl groups excluding tert-OH is 1. The summed E-state index contributed by atoms with van der Waals surface area (Å²) >= 11 is 0. The van der Waals surface area contributed by atoms with Crippen LogP contribution >= 0.6 is 0 Å². The van der Waals surface area contributed by atoms with Crippen molar-refractivity contribution in [1.82, 2.24) is 5.32 Å². The molecule has 1 heterocycles. The highest BCUT2D eigenvalue weighted by Gasteiger charge is 2.63. The molecular formula is C26H45NO2. The first kappa shape index (κ1) is 20.8. The zero-order valence-corrected chi connectivity index (χ0v) is 19.1. The van der Waals surface area contributed by atoms with Crippen LogP contribution in [0, 0.1) is 46.3 Å². The van der Waals surface area contributed by atoms with E-state index in [-0.39, 0.29) is 6.10 Å². The monoisotopic (exact) mass is 403 g/mol. The molecule has 10 atom stereocenters. The Morgan fingerprint density at radius 1 is 0.897 bits per heavy atom. The number of hydrogen-bond acceptors (Lipinski definition) is 3. The van der Waals surface area contributed by atoms with Gasteiger partial charge in [0.15, 0.2) is 0 Å². The van der Waals surface area contributed by atoms with Gasteiger partial charge in [-0.15, -0.1) is 0 Å². The molecule has 3 N–H and O–H groups in total. The average Bonchev–Trinajstić information content (AvgIpc) is 3.07. The van der Waals surface area contributed by atoms with E-state index in [1.165, 1.54) is 57.8 Å². The number of hydrogen-bond donors (Lipinski definition) is 3. The molecule has 0 spiro atoms. The van der Waals surface area contributed by atoms with Crippen LogP contribution in [0.15, 0.2) is 0 Å². The maximum atomic E-state index is 11.8. The van der Waals surface area contributed by atoms with Crippen LogP contribution in [0.2, 0.25) is 0 Å². The van der Waals surface area contributed by atoms with Crippen LogP contribution in [0.4, 0.5) is 0 Å². The van der Waals surface area contributed by atoms with Gasteiger partial charge in [0.25, 0.3) is 0 Å². The van der Waals surface area contributed by atoms with Gasteiger partial charge in [-0.3, -0.25) is 0 Å². The summed E-state index contributed by atoms with van der Waals surface area (Å²) in [6.45, 7) is 9.46. The fraction of sp³-hybridized carbons (Fsp3) is 1.00. The smallest absolute Gasteiger partial charge is 0.0693 e. The molecule has 5 rings (SSSR count). The van der Waals surface area contributed by atoms with E-state index in [2.05, 4.69) is 26.1 Å². The van der Waals surface area contributed by atoms with Gasteiger partial charge in [-0.1, -0.05) is 13.8 Å². The Bertz CT molecular complexity index is 614. The van der Waals surface area contributed by atoms with Crippen molar-refractivity contribution in [2.24, 2.45) is 46.3 Å². The second-order valence-corrected chi connectivity index (χ2v) is 12.5. The van der Waals surface area contributed by atoms with E-state index in [1.807, 2.05) is 0 Å². The maximum absolute atomic E-state index is 11.8. The van der Waals surface area contributed by atoms with Crippen molar-refractivity contribution in [1.29, 1.82) is 0 Å². The van der Waals surface area contributed by atoms with Crippen LogP contribution in [0.25, 0.3) is 0 Å². The molecule has 0 aromatic heterocycles. The quantitative estimate of drug-likeness (QED) is 0.623. The molecule has 0 amide bonds. The first-order valence-corrected chi connectivity index (χ1v) is 12.9. The van der Waals surface area contributed by atoms with E-state index < -0.39 is 5.60 Å². The normalized spacial score (nSPS) is 54.7. The van der Waals surface area contributed by atoms with Gasteiger partial charge < -0.3 is 15.5 Å². The van der Waals surface area contributed by atoms with Gasteiger partial charge in [-0.05, 0) is 125 Å². The van der Waals surface area contributed by atoms with Gasteiger partial charge in [-0.25, -0.2) is 0 Å². The lowest BCUT2D eigenvalue weighted by atomic mass is 9.44. The van der Waals surface area contributed by atoms with Crippen molar-refractivity contribution < 1.29 is 10.2 Å². The van der Waals surface area contributed by atoms with Gasteiger partial charge >= 0.3 is 0 Å². The van der Waals surface area contributed by atoms with Crippen molar-refractivity contribution in [2.45, 2.75) is 103 Å². The third-order valence-corrected chi connectivity index (χ3v) is 11.5. The molecule has 3 heteroatoms. The highest BCUT2D eigenvalue weighted by molar-refractivity contribution is 5.12. The molecule has 5 aliphatic rings. The molecule has 4 saturated carbocycles. The van der Waals surface area contributed by atoms with E-state index >= 15 is 0 Å². The molecule has 0 bridgehead atoms. The summed E-state index contributed by atoms with van der Waals surface area (Å²) in [5.41, 5.74) is 0.247. The summed E-state index contributed by atoms with van der Waals surface area (Å²) in [5, 5.41) is 25.7. The van der Waals surface area contributed by atoms with Crippen LogP contribution < -0.4 is 5.32 Å². The van der Waals surface area contributed by atoms with Gasteiger partial charge in [0.05, 0.1) is 11.7 Å². The number of piperidine rings is 1. The zero-order chi connectivity index (χ0) is 20.4. The second-order valence-electron chi connectivity index (χ2n) is 12.5. The highest BCUT2D eigenvalue weighted by Crippen LogP contribution is 2.69. The Hall–Kier alpha value is -0.120. The lowest BCUT2D eigenvalue weighted by Crippen LogP contribution is -2.57. The Kier molecular flexibility index (Phi) is 5.16. The predicted octanol–water partition coefficient (Wildman–Crippen LogP) is 4.76. The number of rotatable bonds is 2. The second kappa shape index (κ2) is 7.20. The minimum atomic E-state index is -0.528. The highest BCUT2D eigenvalue weighted by atomic mass is 16.3. The summed E-state index contributed by atoms with van der Waals surface area (Å²) in [6, 6.07) is 0. The van der Waals surface area contributed by atoms with Crippen molar-refractivity contribution in [3.63, 3.8) is 0 Å². The maximum Gasteiger partial charge on any atom is 0.0693 e. The van der Waals surface area contributed by atoms with Crippen molar-refractivity contribution in [3.05, 3.63) is 0 Å². The van der Waals surface area contributed by atoms with Gasteiger partial charge in [0.1, 0.15) is 0 Å². The molecule has 1 aliphatic heterocycles. The van der Waals surface area contributed by atoms with Crippen molar-refractivity contribution in [3.8, 4) is 0 Å². The number of nitrogens with one attached hydrogen (secondary N) is 1. The molecule has 0 aromatic carbocycles. The van der Waals surface area contributed by atoms with E-state index in [1.54, 1.807) is 0 Å². The van der Waals surface area contributed by atoms with Crippen LogP contribution in [0.5, 0.6) is 0 Å². The van der Waals surface area contributed by atoms with Crippen LogP contribution in [-0.2, 0) is 0 Å². The van der Waals surface area contributed by atoms with E-state index in [9.17, 15) is 10.2 Å². The van der Waals surface area contributed by atoms with Crippen molar-refractivity contribution in [2.75, 3.05) is 13.1 Å². The first-order valence-electron chi connectivity index (χ1n) is 12.9. The summed E-state index contributed by atoms with van der Waals surface area (Å²) in [7, 11) is 0. The molecule has 1 unspecified atom stereocenters. The van der Waals surface area contributed by atoms with E-state index in [0.29, 0.717) is 22.7 Å². The third-order valence-electron chi connectivity index (χ3n) is 11.5. The third kappa shape index (κ3) is 3.08. The lowest BCUT2D eigenvalue weighted by molar-refractivity contribution is -0.154. The Balaban J connectivity index is 1.38.